The fraction of sp³-hybridized carbons (Fsp3) is 0.957. The van der Waals surface area contributed by atoms with Crippen LogP contribution in [0, 0.1) is 40.4 Å². The molecule has 66 heavy (non-hydrogen) atoms. The van der Waals surface area contributed by atoms with Gasteiger partial charge in [-0.1, -0.05) is 39.3 Å². The van der Waals surface area contributed by atoms with E-state index in [4.69, 9.17) is 37.9 Å². The molecule has 0 spiro atoms. The molecule has 4 saturated heterocycles. The summed E-state index contributed by atoms with van der Waals surface area (Å²) >= 11 is 0. The maximum Gasteiger partial charge on any atom is 0.187 e. The molecule has 0 aromatic rings. The Balaban J connectivity index is 0.880. The number of hydrogen-bond acceptors (Lipinski definition) is 20. The van der Waals surface area contributed by atoms with Crippen LogP contribution in [0.2, 0.25) is 0 Å². The maximum atomic E-state index is 13.1. The van der Waals surface area contributed by atoms with Crippen molar-refractivity contribution in [2.75, 3.05) is 33.5 Å². The first-order valence-corrected chi connectivity index (χ1v) is 24.0. The van der Waals surface area contributed by atoms with Gasteiger partial charge in [0.2, 0.25) is 0 Å². The summed E-state index contributed by atoms with van der Waals surface area (Å²) in [6.45, 7) is 6.96. The van der Waals surface area contributed by atoms with Crippen molar-refractivity contribution in [1.29, 1.82) is 0 Å². The number of ether oxygens (including phenoxy) is 8. The van der Waals surface area contributed by atoms with Gasteiger partial charge >= 0.3 is 0 Å². The van der Waals surface area contributed by atoms with E-state index in [2.05, 4.69) is 26.8 Å². The Kier molecular flexibility index (Phi) is 15.2. The highest BCUT2D eigenvalue weighted by molar-refractivity contribution is 5.29. The summed E-state index contributed by atoms with van der Waals surface area (Å²) in [6.07, 6.45) is -14.4. The molecule has 0 aromatic carbocycles. The largest absolute Gasteiger partial charge is 0.394 e. The number of fused-ring (bicyclic) bond motifs is 7. The third kappa shape index (κ3) is 8.46. The molecule has 3 saturated carbocycles. The first-order valence-electron chi connectivity index (χ1n) is 24.0. The lowest BCUT2D eigenvalue weighted by Gasteiger charge is -2.61. The highest BCUT2D eigenvalue weighted by Crippen LogP contribution is 2.72. The summed E-state index contributed by atoms with van der Waals surface area (Å²) in [4.78, 5) is 0. The molecule has 7 fully saturated rings. The molecule has 20 heteroatoms. The lowest BCUT2D eigenvalue weighted by Crippen LogP contribution is -2.65. The lowest BCUT2D eigenvalue weighted by atomic mass is 9.45. The van der Waals surface area contributed by atoms with E-state index in [1.807, 2.05) is 6.92 Å². The molecular formula is C46H76O20. The SMILES string of the molecule is CO[C@@]1(CC[C@@H](C)CO[C@@H]2O[C@H](CO)[C@@H](O)[C@H](O)[C@H]2O)O[C@H]2C[C@@]3(O)[C@@H]4CC=C5C[C@@H](O[C@@H]6O[C@H](CO)[C@H](O[C@@H]7O[C@H](CO)[C@@H](O)[C@H](O)[C@H]7O)[C@H](O)[C@H]6O)CC[C@]5(C)[C@H]4CC[C@]3(C)[C@H]2[C@@H]1C. The number of aliphatic hydroxyl groups is 12. The van der Waals surface area contributed by atoms with Gasteiger partial charge in [0.25, 0.3) is 0 Å². The Labute approximate surface area is 385 Å². The molecule has 0 unspecified atom stereocenters. The second-order valence-corrected chi connectivity index (χ2v) is 21.3. The van der Waals surface area contributed by atoms with Gasteiger partial charge in [0, 0.05) is 37.2 Å². The maximum absolute atomic E-state index is 13.1. The molecule has 4 aliphatic heterocycles. The van der Waals surface area contributed by atoms with Crippen molar-refractivity contribution in [3.05, 3.63) is 11.6 Å². The molecule has 8 aliphatic rings. The predicted molar refractivity (Wildman–Crippen MR) is 225 cm³/mol. The molecule has 4 heterocycles. The van der Waals surface area contributed by atoms with Gasteiger partial charge in [-0.15, -0.1) is 0 Å². The molecule has 8 rings (SSSR count). The van der Waals surface area contributed by atoms with E-state index in [0.717, 1.165) is 19.3 Å². The van der Waals surface area contributed by atoms with Crippen LogP contribution in [0.3, 0.4) is 0 Å². The van der Waals surface area contributed by atoms with Gasteiger partial charge in [0.05, 0.1) is 44.2 Å². The Morgan fingerprint density at radius 1 is 0.727 bits per heavy atom. The van der Waals surface area contributed by atoms with Crippen molar-refractivity contribution in [2.45, 2.75) is 201 Å². The van der Waals surface area contributed by atoms with Gasteiger partial charge in [0.15, 0.2) is 24.7 Å². The van der Waals surface area contributed by atoms with Gasteiger partial charge in [-0.3, -0.25) is 0 Å². The number of rotatable bonds is 14. The van der Waals surface area contributed by atoms with Crippen LogP contribution in [-0.4, -0.2) is 211 Å². The molecule has 0 aromatic heterocycles. The molecule has 20 nitrogen and oxygen atoms in total. The Morgan fingerprint density at radius 2 is 1.32 bits per heavy atom. The topological polar surface area (TPSA) is 317 Å². The first kappa shape index (κ1) is 51.3. The number of aliphatic hydroxyl groups excluding tert-OH is 11. The van der Waals surface area contributed by atoms with Crippen molar-refractivity contribution in [2.24, 2.45) is 40.4 Å². The minimum atomic E-state index is -1.77. The van der Waals surface area contributed by atoms with Crippen LogP contribution in [0.5, 0.6) is 0 Å². The monoisotopic (exact) mass is 948 g/mol. The number of allylic oxidation sites excluding steroid dienone is 1. The smallest absolute Gasteiger partial charge is 0.187 e. The van der Waals surface area contributed by atoms with E-state index in [-0.39, 0.29) is 47.7 Å². The molecule has 380 valence electrons. The zero-order chi connectivity index (χ0) is 47.8. The number of hydrogen-bond donors (Lipinski definition) is 12. The summed E-state index contributed by atoms with van der Waals surface area (Å²) in [5.74, 6) is -0.745. The van der Waals surface area contributed by atoms with Crippen molar-refractivity contribution in [1.82, 2.24) is 0 Å². The summed E-state index contributed by atoms with van der Waals surface area (Å²) in [6, 6.07) is 0. The van der Waals surface area contributed by atoms with Gasteiger partial charge in [0.1, 0.15) is 73.2 Å². The van der Waals surface area contributed by atoms with Crippen LogP contribution in [0.4, 0.5) is 0 Å². The van der Waals surface area contributed by atoms with Crippen LogP contribution >= 0.6 is 0 Å². The standard InChI is InChI=1S/C46H76O20/c1-20(19-60-40-36(55)33(52)31(50)27(16-47)62-40)8-13-46(59-5)21(2)30-26(66-46)15-45(58)25-7-6-22-14-23(9-11-43(22,3)24(25)10-12-44(30,45)4)61-41-38(57)35(54)39(29(18-49)64-41)65-42-37(56)34(53)32(51)28(17-48)63-42/h6,20-21,23-42,47-58H,7-19H2,1-5H3/t20-,21+,23+,24+,25-,26+,27-,28-,29-,30+,31-,32-,33+,34+,35-,36-,37-,38-,39+,40-,41-,42+,43+,44-,45-,46+/m1/s1. The summed E-state index contributed by atoms with van der Waals surface area (Å²) < 4.78 is 48.0. The van der Waals surface area contributed by atoms with Crippen molar-refractivity contribution >= 4 is 0 Å². The molecular weight excluding hydrogens is 872 g/mol. The zero-order valence-electron chi connectivity index (χ0n) is 38.6. The summed E-state index contributed by atoms with van der Waals surface area (Å²) in [5, 5.41) is 126. The van der Waals surface area contributed by atoms with Crippen LogP contribution in [0.1, 0.15) is 85.5 Å². The molecule has 0 amide bonds. The van der Waals surface area contributed by atoms with E-state index in [9.17, 15) is 61.3 Å². The highest BCUT2D eigenvalue weighted by Gasteiger charge is 2.74. The van der Waals surface area contributed by atoms with E-state index in [1.54, 1.807) is 7.11 Å². The summed E-state index contributed by atoms with van der Waals surface area (Å²) in [7, 11) is 1.67. The lowest BCUT2D eigenvalue weighted by molar-refractivity contribution is -0.363. The van der Waals surface area contributed by atoms with E-state index >= 15 is 0 Å². The second-order valence-electron chi connectivity index (χ2n) is 21.3. The van der Waals surface area contributed by atoms with Crippen molar-refractivity contribution in [3.8, 4) is 0 Å². The average molecular weight is 949 g/mol. The van der Waals surface area contributed by atoms with Crippen LogP contribution in [0.15, 0.2) is 11.6 Å². The fourth-order valence-corrected chi connectivity index (χ4v) is 13.9. The third-order valence-corrected chi connectivity index (χ3v) is 17.9. The van der Waals surface area contributed by atoms with E-state index < -0.39 is 135 Å². The quantitative estimate of drug-likeness (QED) is 0.0831. The van der Waals surface area contributed by atoms with Crippen molar-refractivity contribution < 1.29 is 99.2 Å². The second kappa shape index (κ2) is 19.5. The average Bonchev–Trinajstić information content (AvgIpc) is 3.71. The predicted octanol–water partition coefficient (Wildman–Crippen LogP) is -2.09. The first-order chi connectivity index (χ1) is 31.2. The van der Waals surface area contributed by atoms with Crippen molar-refractivity contribution in [3.63, 3.8) is 0 Å². The van der Waals surface area contributed by atoms with Crippen LogP contribution < -0.4 is 0 Å². The molecule has 0 bridgehead atoms. The Hall–Kier alpha value is -1.06. The molecule has 26 atom stereocenters. The van der Waals surface area contributed by atoms with Gasteiger partial charge in [-0.05, 0) is 68.1 Å². The normalized spacial score (nSPS) is 54.2. The zero-order valence-corrected chi connectivity index (χ0v) is 38.6. The third-order valence-electron chi connectivity index (χ3n) is 17.9. The van der Waals surface area contributed by atoms with Gasteiger partial charge in [-0.2, -0.15) is 0 Å². The van der Waals surface area contributed by atoms with E-state index in [0.29, 0.717) is 38.5 Å². The summed E-state index contributed by atoms with van der Waals surface area (Å²) in [5.41, 5.74) is -0.445. The molecule has 12 N–H and O–H groups in total. The Bertz CT molecular complexity index is 1690. The van der Waals surface area contributed by atoms with Gasteiger partial charge < -0.3 is 99.2 Å². The van der Waals surface area contributed by atoms with Crippen LogP contribution in [-0.2, 0) is 37.9 Å². The minimum absolute atomic E-state index is 0.00927. The highest BCUT2D eigenvalue weighted by atomic mass is 16.7. The number of methoxy groups -OCH3 is 1. The van der Waals surface area contributed by atoms with E-state index in [1.165, 1.54) is 5.57 Å². The Morgan fingerprint density at radius 3 is 1.95 bits per heavy atom. The molecule has 0 radical (unpaired) electrons. The van der Waals surface area contributed by atoms with Gasteiger partial charge in [-0.25, -0.2) is 0 Å². The minimum Gasteiger partial charge on any atom is -0.394 e. The van der Waals surface area contributed by atoms with Crippen LogP contribution in [0.25, 0.3) is 0 Å². The fourth-order valence-electron chi connectivity index (χ4n) is 13.9. The molecule has 4 aliphatic carbocycles.